The van der Waals surface area contributed by atoms with Crippen molar-refractivity contribution in [1.29, 1.82) is 0 Å². The molecule has 1 aliphatic rings. The van der Waals surface area contributed by atoms with E-state index in [9.17, 15) is 9.59 Å². The van der Waals surface area contributed by atoms with Crippen molar-refractivity contribution in [2.24, 2.45) is 0 Å². The molecule has 30 heavy (non-hydrogen) atoms. The number of carbonyl (C=O) groups is 2. The van der Waals surface area contributed by atoms with E-state index in [4.69, 9.17) is 16.3 Å². The van der Waals surface area contributed by atoms with Crippen molar-refractivity contribution < 1.29 is 14.3 Å². The third-order valence-electron chi connectivity index (χ3n) is 5.17. The highest BCUT2D eigenvalue weighted by Gasteiger charge is 2.34. The van der Waals surface area contributed by atoms with Gasteiger partial charge in [-0.1, -0.05) is 29.8 Å². The van der Waals surface area contributed by atoms with Gasteiger partial charge in [0.15, 0.2) is 0 Å². The fourth-order valence-electron chi connectivity index (χ4n) is 3.58. The number of likely N-dealkylation sites (N-methyl/N-ethyl adjacent to an activating group) is 1. The first kappa shape index (κ1) is 22.3. The Morgan fingerprint density at radius 2 is 2.10 bits per heavy atom. The second-order valence-electron chi connectivity index (χ2n) is 7.76. The fraction of sp³-hybridized carbons (Fsp3) is 0.476. The second-order valence-corrected chi connectivity index (χ2v) is 8.16. The van der Waals surface area contributed by atoms with Crippen LogP contribution < -0.4 is 5.32 Å². The zero-order valence-electron chi connectivity index (χ0n) is 17.5. The molecule has 1 N–H and O–H groups in total. The largest absolute Gasteiger partial charge is 0.370 e. The molecular weight excluding hydrogens is 406 g/mol. The van der Waals surface area contributed by atoms with Gasteiger partial charge in [-0.2, -0.15) is 5.10 Å². The molecule has 2 aromatic rings. The van der Waals surface area contributed by atoms with Crippen LogP contribution in [0.4, 0.5) is 5.69 Å². The standard InChI is InChI=1S/C21H28ClN5O3/c1-15(28)24-17-9-23-27(11-17)18-8-19(13-30-14-21(29)25(2)3)26(12-18)10-16-6-4-5-7-20(16)22/h4-7,9,11,18-19H,8,10,12-14H2,1-3H3,(H,24,28)/t18-,19-/m0/s1. The molecule has 1 aliphatic heterocycles. The number of aromatic nitrogens is 2. The zero-order valence-corrected chi connectivity index (χ0v) is 18.3. The first-order valence-electron chi connectivity index (χ1n) is 9.90. The van der Waals surface area contributed by atoms with Gasteiger partial charge >= 0.3 is 0 Å². The van der Waals surface area contributed by atoms with Gasteiger partial charge in [0.2, 0.25) is 11.8 Å². The third kappa shape index (κ3) is 5.81. The molecule has 0 unspecified atom stereocenters. The normalized spacial score (nSPS) is 19.1. The summed E-state index contributed by atoms with van der Waals surface area (Å²) in [6, 6.07) is 8.05. The monoisotopic (exact) mass is 433 g/mol. The van der Waals surface area contributed by atoms with Crippen LogP contribution in [-0.4, -0.2) is 71.3 Å². The molecule has 162 valence electrons. The molecule has 0 aliphatic carbocycles. The van der Waals surface area contributed by atoms with Gasteiger partial charge in [-0.25, -0.2) is 0 Å². The Labute approximate surface area is 181 Å². The summed E-state index contributed by atoms with van der Waals surface area (Å²) in [6.45, 7) is 3.43. The molecule has 2 heterocycles. The van der Waals surface area contributed by atoms with Crippen molar-refractivity contribution in [2.75, 3.05) is 39.2 Å². The first-order chi connectivity index (χ1) is 14.3. The van der Waals surface area contributed by atoms with Crippen LogP contribution in [-0.2, 0) is 20.9 Å². The molecule has 1 aromatic heterocycles. The number of anilines is 1. The van der Waals surface area contributed by atoms with Gasteiger partial charge in [-0.05, 0) is 18.1 Å². The van der Waals surface area contributed by atoms with Crippen molar-refractivity contribution in [3.05, 3.63) is 47.2 Å². The minimum atomic E-state index is -0.127. The highest BCUT2D eigenvalue weighted by atomic mass is 35.5. The Hall–Kier alpha value is -2.42. The average Bonchev–Trinajstić information content (AvgIpc) is 3.30. The van der Waals surface area contributed by atoms with Crippen LogP contribution in [0.2, 0.25) is 5.02 Å². The molecule has 1 fully saturated rings. The maximum absolute atomic E-state index is 11.8. The van der Waals surface area contributed by atoms with E-state index in [2.05, 4.69) is 15.3 Å². The highest BCUT2D eigenvalue weighted by molar-refractivity contribution is 6.31. The van der Waals surface area contributed by atoms with E-state index in [1.165, 1.54) is 11.8 Å². The highest BCUT2D eigenvalue weighted by Crippen LogP contribution is 2.30. The second kappa shape index (κ2) is 10.1. The molecule has 9 heteroatoms. The molecule has 0 radical (unpaired) electrons. The molecule has 2 atom stereocenters. The summed E-state index contributed by atoms with van der Waals surface area (Å²) in [6.07, 6.45) is 4.32. The van der Waals surface area contributed by atoms with Crippen molar-refractivity contribution >= 4 is 29.1 Å². The summed E-state index contributed by atoms with van der Waals surface area (Å²) >= 11 is 6.37. The minimum absolute atomic E-state index is 0.0581. The van der Waals surface area contributed by atoms with Gasteiger partial charge in [0, 0.05) is 51.4 Å². The van der Waals surface area contributed by atoms with Gasteiger partial charge in [-0.3, -0.25) is 19.2 Å². The summed E-state index contributed by atoms with van der Waals surface area (Å²) in [4.78, 5) is 27.0. The molecule has 2 amide bonds. The van der Waals surface area contributed by atoms with Crippen LogP contribution in [0.1, 0.15) is 24.9 Å². The van der Waals surface area contributed by atoms with Crippen LogP contribution >= 0.6 is 11.6 Å². The number of hydrogen-bond donors (Lipinski definition) is 1. The van der Waals surface area contributed by atoms with Gasteiger partial charge < -0.3 is 15.0 Å². The number of amides is 2. The van der Waals surface area contributed by atoms with E-state index < -0.39 is 0 Å². The quantitative estimate of drug-likeness (QED) is 0.691. The van der Waals surface area contributed by atoms with Crippen LogP contribution in [0.25, 0.3) is 0 Å². The molecule has 8 nitrogen and oxygen atoms in total. The van der Waals surface area contributed by atoms with Gasteiger partial charge in [0.25, 0.3) is 0 Å². The fourth-order valence-corrected chi connectivity index (χ4v) is 3.77. The van der Waals surface area contributed by atoms with Gasteiger partial charge in [0.1, 0.15) is 6.61 Å². The molecule has 0 saturated carbocycles. The number of likely N-dealkylation sites (tertiary alicyclic amines) is 1. The summed E-state index contributed by atoms with van der Waals surface area (Å²) in [7, 11) is 3.43. The lowest BCUT2D eigenvalue weighted by Crippen LogP contribution is -2.34. The number of nitrogens with one attached hydrogen (secondary N) is 1. The Kier molecular flexibility index (Phi) is 7.47. The van der Waals surface area contributed by atoms with Crippen molar-refractivity contribution in [3.63, 3.8) is 0 Å². The molecular formula is C21H28ClN5O3. The SMILES string of the molecule is CC(=O)Nc1cnn([C@H]2C[C@@H](COCC(=O)N(C)C)N(Cc3ccccc3Cl)C2)c1. The van der Waals surface area contributed by atoms with Crippen LogP contribution in [0.3, 0.4) is 0 Å². The lowest BCUT2D eigenvalue weighted by molar-refractivity contribution is -0.134. The van der Waals surface area contributed by atoms with Crippen LogP contribution in [0.5, 0.6) is 0 Å². The molecule has 1 saturated heterocycles. The van der Waals surface area contributed by atoms with E-state index in [1.54, 1.807) is 20.3 Å². The van der Waals surface area contributed by atoms with Crippen molar-refractivity contribution in [1.82, 2.24) is 19.6 Å². The molecule has 0 bridgehead atoms. The summed E-state index contributed by atoms with van der Waals surface area (Å²) in [5, 5.41) is 7.91. The van der Waals surface area contributed by atoms with E-state index >= 15 is 0 Å². The molecule has 1 aromatic carbocycles. The van der Waals surface area contributed by atoms with Crippen molar-refractivity contribution in [2.45, 2.75) is 32.0 Å². The Morgan fingerprint density at radius 1 is 1.33 bits per heavy atom. The Balaban J connectivity index is 1.70. The molecule has 3 rings (SSSR count). The zero-order chi connectivity index (χ0) is 21.7. The Bertz CT molecular complexity index is 885. The first-order valence-corrected chi connectivity index (χ1v) is 10.3. The summed E-state index contributed by atoms with van der Waals surface area (Å²) in [5.41, 5.74) is 1.73. The summed E-state index contributed by atoms with van der Waals surface area (Å²) < 4.78 is 7.61. The maximum atomic E-state index is 11.8. The minimum Gasteiger partial charge on any atom is -0.370 e. The lowest BCUT2D eigenvalue weighted by atomic mass is 10.1. The maximum Gasteiger partial charge on any atom is 0.248 e. The number of benzene rings is 1. The average molecular weight is 434 g/mol. The smallest absolute Gasteiger partial charge is 0.248 e. The van der Waals surface area contributed by atoms with E-state index in [-0.39, 0.29) is 30.5 Å². The van der Waals surface area contributed by atoms with E-state index in [1.807, 2.05) is 35.1 Å². The number of nitrogens with zero attached hydrogens (tertiary/aromatic N) is 4. The van der Waals surface area contributed by atoms with Crippen LogP contribution in [0, 0.1) is 0 Å². The summed E-state index contributed by atoms with van der Waals surface area (Å²) in [5.74, 6) is -0.188. The van der Waals surface area contributed by atoms with Crippen molar-refractivity contribution in [3.8, 4) is 0 Å². The number of hydrogen-bond acceptors (Lipinski definition) is 5. The van der Waals surface area contributed by atoms with Crippen LogP contribution in [0.15, 0.2) is 36.7 Å². The van der Waals surface area contributed by atoms with Gasteiger partial charge in [0.05, 0.1) is 24.5 Å². The third-order valence-corrected chi connectivity index (χ3v) is 5.54. The topological polar surface area (TPSA) is 79.7 Å². The lowest BCUT2D eigenvalue weighted by Gasteiger charge is -2.24. The Morgan fingerprint density at radius 3 is 2.80 bits per heavy atom. The predicted octanol–water partition coefficient (Wildman–Crippen LogP) is 2.42. The number of carbonyl (C=O) groups excluding carboxylic acids is 2. The number of halogens is 1. The molecule has 0 spiro atoms. The predicted molar refractivity (Wildman–Crippen MR) is 115 cm³/mol. The van der Waals surface area contributed by atoms with E-state index in [0.717, 1.165) is 23.6 Å². The van der Waals surface area contributed by atoms with E-state index in [0.29, 0.717) is 18.8 Å². The number of ether oxygens (including phenoxy) is 1. The number of rotatable bonds is 8. The van der Waals surface area contributed by atoms with Gasteiger partial charge in [-0.15, -0.1) is 0 Å².